The summed E-state index contributed by atoms with van der Waals surface area (Å²) >= 11 is 1.82. The first-order valence-corrected chi connectivity index (χ1v) is 7.35. The van der Waals surface area contributed by atoms with Gasteiger partial charge in [0.05, 0.1) is 0 Å². The van der Waals surface area contributed by atoms with Crippen molar-refractivity contribution < 1.29 is 0 Å². The van der Waals surface area contributed by atoms with Gasteiger partial charge in [0.25, 0.3) is 0 Å². The third kappa shape index (κ3) is 6.78. The minimum atomic E-state index is 1.21. The third-order valence-electron chi connectivity index (χ3n) is 2.56. The van der Waals surface area contributed by atoms with Gasteiger partial charge < -0.3 is 4.72 Å². The summed E-state index contributed by atoms with van der Waals surface area (Å²) in [5, 5.41) is 0. The Labute approximate surface area is 104 Å². The number of anilines is 1. The lowest BCUT2D eigenvalue weighted by molar-refractivity contribution is 0.627. The lowest BCUT2D eigenvalue weighted by Crippen LogP contribution is -1.89. The molecule has 0 amide bonds. The molecule has 90 valence electrons. The van der Waals surface area contributed by atoms with Gasteiger partial charge in [0, 0.05) is 11.4 Å². The van der Waals surface area contributed by atoms with Crippen molar-refractivity contribution in [2.45, 2.75) is 45.4 Å². The number of nitrogens with one attached hydrogen (secondary N) is 1. The van der Waals surface area contributed by atoms with Crippen LogP contribution in [-0.2, 0) is 0 Å². The highest BCUT2D eigenvalue weighted by atomic mass is 32.2. The van der Waals surface area contributed by atoms with Gasteiger partial charge in [-0.2, -0.15) is 0 Å². The quantitative estimate of drug-likeness (QED) is 0.473. The lowest BCUT2D eigenvalue weighted by atomic mass is 10.1. The van der Waals surface area contributed by atoms with E-state index < -0.39 is 0 Å². The molecule has 0 saturated heterocycles. The molecular formula is C14H23NS. The van der Waals surface area contributed by atoms with Gasteiger partial charge in [-0.15, -0.1) is 0 Å². The fourth-order valence-electron chi connectivity index (χ4n) is 1.60. The number of hydrogen-bond donors (Lipinski definition) is 1. The molecule has 0 unspecified atom stereocenters. The van der Waals surface area contributed by atoms with E-state index in [1.54, 1.807) is 0 Å². The Bertz CT molecular complexity index is 248. The van der Waals surface area contributed by atoms with Crippen molar-refractivity contribution in [3.63, 3.8) is 0 Å². The van der Waals surface area contributed by atoms with Crippen molar-refractivity contribution in [1.29, 1.82) is 0 Å². The molecule has 1 nitrogen and oxygen atoms in total. The van der Waals surface area contributed by atoms with E-state index in [4.69, 9.17) is 0 Å². The fourth-order valence-corrected chi connectivity index (χ4v) is 2.35. The van der Waals surface area contributed by atoms with E-state index in [2.05, 4.69) is 35.9 Å². The summed E-state index contributed by atoms with van der Waals surface area (Å²) in [7, 11) is 0. The highest BCUT2D eigenvalue weighted by molar-refractivity contribution is 8.00. The number of hydrogen-bond acceptors (Lipinski definition) is 2. The van der Waals surface area contributed by atoms with Crippen molar-refractivity contribution in [3.8, 4) is 0 Å². The molecule has 0 heterocycles. The highest BCUT2D eigenvalue weighted by Gasteiger charge is 1.92. The average molecular weight is 237 g/mol. The zero-order chi connectivity index (χ0) is 11.5. The Kier molecular flexibility index (Phi) is 8.05. The second kappa shape index (κ2) is 9.59. The Hall–Kier alpha value is -0.630. The maximum absolute atomic E-state index is 3.36. The van der Waals surface area contributed by atoms with Gasteiger partial charge >= 0.3 is 0 Å². The fraction of sp³-hybridized carbons (Fsp3) is 0.571. The van der Waals surface area contributed by atoms with Gasteiger partial charge in [0.1, 0.15) is 0 Å². The summed E-state index contributed by atoms with van der Waals surface area (Å²) in [6.45, 7) is 2.26. The van der Waals surface area contributed by atoms with E-state index in [0.29, 0.717) is 0 Å². The maximum Gasteiger partial charge on any atom is 0.0440 e. The summed E-state index contributed by atoms with van der Waals surface area (Å²) in [5.74, 6) is 1.21. The normalized spacial score (nSPS) is 10.3. The van der Waals surface area contributed by atoms with Crippen LogP contribution in [0.3, 0.4) is 0 Å². The molecule has 0 saturated carbocycles. The van der Waals surface area contributed by atoms with Crippen LogP contribution in [0.5, 0.6) is 0 Å². The first-order chi connectivity index (χ1) is 7.93. The van der Waals surface area contributed by atoms with Crippen LogP contribution in [0.1, 0.15) is 45.4 Å². The van der Waals surface area contributed by atoms with Gasteiger partial charge in [-0.3, -0.25) is 0 Å². The van der Waals surface area contributed by atoms with Crippen LogP contribution in [0.25, 0.3) is 0 Å². The predicted molar refractivity (Wildman–Crippen MR) is 75.9 cm³/mol. The molecular weight excluding hydrogens is 214 g/mol. The Morgan fingerprint density at radius 3 is 2.38 bits per heavy atom. The third-order valence-corrected chi connectivity index (χ3v) is 3.44. The first-order valence-electron chi connectivity index (χ1n) is 6.36. The van der Waals surface area contributed by atoms with E-state index in [-0.39, 0.29) is 0 Å². The molecule has 0 aliphatic rings. The lowest BCUT2D eigenvalue weighted by Gasteiger charge is -2.04. The van der Waals surface area contributed by atoms with Gasteiger partial charge in [-0.1, -0.05) is 69.2 Å². The van der Waals surface area contributed by atoms with E-state index in [9.17, 15) is 0 Å². The minimum Gasteiger partial charge on any atom is -0.330 e. The monoisotopic (exact) mass is 237 g/mol. The van der Waals surface area contributed by atoms with E-state index in [1.165, 1.54) is 50.0 Å². The molecule has 1 rings (SSSR count). The van der Waals surface area contributed by atoms with Crippen molar-refractivity contribution in [2.75, 3.05) is 10.5 Å². The van der Waals surface area contributed by atoms with Crippen LogP contribution in [0.2, 0.25) is 0 Å². The van der Waals surface area contributed by atoms with E-state index in [0.717, 1.165) is 0 Å². The summed E-state index contributed by atoms with van der Waals surface area (Å²) in [6, 6.07) is 10.4. The topological polar surface area (TPSA) is 12.0 Å². The molecule has 1 aromatic carbocycles. The Balaban J connectivity index is 1.89. The molecule has 0 aliphatic carbocycles. The zero-order valence-corrected chi connectivity index (χ0v) is 11.1. The van der Waals surface area contributed by atoms with Crippen LogP contribution in [0, 0.1) is 0 Å². The summed E-state index contributed by atoms with van der Waals surface area (Å²) in [4.78, 5) is 0. The summed E-state index contributed by atoms with van der Waals surface area (Å²) in [5.41, 5.74) is 1.21. The van der Waals surface area contributed by atoms with Crippen LogP contribution in [-0.4, -0.2) is 5.75 Å². The second-order valence-electron chi connectivity index (χ2n) is 4.08. The highest BCUT2D eigenvalue weighted by Crippen LogP contribution is 2.14. The molecule has 0 fully saturated rings. The van der Waals surface area contributed by atoms with Gasteiger partial charge in [0.2, 0.25) is 0 Å². The number of benzene rings is 1. The van der Waals surface area contributed by atoms with Gasteiger partial charge in [-0.05, 0) is 18.6 Å². The molecule has 16 heavy (non-hydrogen) atoms. The summed E-state index contributed by atoms with van der Waals surface area (Å²) < 4.78 is 3.36. The smallest absolute Gasteiger partial charge is 0.0440 e. The van der Waals surface area contributed by atoms with Crippen LogP contribution >= 0.6 is 11.9 Å². The van der Waals surface area contributed by atoms with E-state index in [1.807, 2.05) is 18.0 Å². The molecule has 1 N–H and O–H groups in total. The SMILES string of the molecule is CCCCCCCCSNc1ccccc1. The van der Waals surface area contributed by atoms with Crippen molar-refractivity contribution in [1.82, 2.24) is 0 Å². The standard InChI is InChI=1S/C14H23NS/c1-2-3-4-5-6-10-13-16-15-14-11-8-7-9-12-14/h7-9,11-12,15H,2-6,10,13H2,1H3. The van der Waals surface area contributed by atoms with Gasteiger partial charge in [0.15, 0.2) is 0 Å². The van der Waals surface area contributed by atoms with Crippen molar-refractivity contribution in [2.24, 2.45) is 0 Å². The maximum atomic E-state index is 3.36. The zero-order valence-electron chi connectivity index (χ0n) is 10.2. The average Bonchev–Trinajstić information content (AvgIpc) is 2.34. The minimum absolute atomic E-state index is 1.21. The molecule has 2 heteroatoms. The number of unbranched alkanes of at least 4 members (excludes halogenated alkanes) is 5. The molecule has 0 atom stereocenters. The Morgan fingerprint density at radius 1 is 0.938 bits per heavy atom. The molecule has 0 aromatic heterocycles. The first kappa shape index (κ1) is 13.4. The largest absolute Gasteiger partial charge is 0.330 e. The molecule has 0 radical (unpaired) electrons. The van der Waals surface area contributed by atoms with Gasteiger partial charge in [-0.25, -0.2) is 0 Å². The number of rotatable bonds is 9. The molecule has 1 aromatic rings. The van der Waals surface area contributed by atoms with Crippen LogP contribution in [0.4, 0.5) is 5.69 Å². The Morgan fingerprint density at radius 2 is 1.62 bits per heavy atom. The molecule has 0 aliphatic heterocycles. The number of para-hydroxylation sites is 1. The van der Waals surface area contributed by atoms with Crippen molar-refractivity contribution >= 4 is 17.6 Å². The summed E-state index contributed by atoms with van der Waals surface area (Å²) in [6.07, 6.45) is 8.25. The molecule has 0 spiro atoms. The van der Waals surface area contributed by atoms with Crippen LogP contribution in [0.15, 0.2) is 30.3 Å². The molecule has 0 bridgehead atoms. The van der Waals surface area contributed by atoms with Crippen LogP contribution < -0.4 is 4.72 Å². The van der Waals surface area contributed by atoms with Crippen molar-refractivity contribution in [3.05, 3.63) is 30.3 Å². The van der Waals surface area contributed by atoms with E-state index >= 15 is 0 Å². The second-order valence-corrected chi connectivity index (χ2v) is 4.99. The predicted octanol–water partition coefficient (Wildman–Crippen LogP) is 5.11.